The van der Waals surface area contributed by atoms with Crippen molar-refractivity contribution < 1.29 is 17.9 Å². The summed E-state index contributed by atoms with van der Waals surface area (Å²) in [5.74, 6) is 0.115. The van der Waals surface area contributed by atoms with E-state index in [4.69, 9.17) is 4.99 Å². The Morgan fingerprint density at radius 3 is 1.92 bits per heavy atom. The molecule has 0 atom stereocenters. The fourth-order valence-corrected chi connectivity index (χ4v) is 7.80. The van der Waals surface area contributed by atoms with Gasteiger partial charge in [-0.25, -0.2) is 4.99 Å². The number of benzene rings is 4. The maximum atomic E-state index is 12.9. The Balaban J connectivity index is 1.80. The van der Waals surface area contributed by atoms with Crippen molar-refractivity contribution in [3.05, 3.63) is 150 Å². The average molecular weight is 718 g/mol. The van der Waals surface area contributed by atoms with Crippen LogP contribution in [-0.4, -0.2) is 23.6 Å². The number of non-ortho nitro benzene ring substituents is 1. The number of nitrogens with one attached hydrogen (secondary N) is 1. The number of hydrogen-bond donors (Lipinski definition) is 2. The van der Waals surface area contributed by atoms with Gasteiger partial charge in [-0.15, -0.1) is 0 Å². The fraction of sp³-hybridized carbons (Fsp3) is 0.279. The lowest BCUT2D eigenvalue weighted by molar-refractivity contribution is -0.385. The molecule has 0 aromatic heterocycles. The molecule has 0 spiro atoms. The van der Waals surface area contributed by atoms with E-state index in [1.165, 1.54) is 17.7 Å². The summed E-state index contributed by atoms with van der Waals surface area (Å²) in [6, 6.07) is 18.0. The molecule has 4 aromatic rings. The maximum absolute atomic E-state index is 12.9. The summed E-state index contributed by atoms with van der Waals surface area (Å²) in [6.45, 7) is 20.7. The second-order valence-corrected chi connectivity index (χ2v) is 15.8. The van der Waals surface area contributed by atoms with Crippen LogP contribution in [0.5, 0.6) is 0 Å². The first-order valence-corrected chi connectivity index (χ1v) is 18.9. The highest BCUT2D eigenvalue weighted by atomic mass is 32.2. The summed E-state index contributed by atoms with van der Waals surface area (Å²) >= 11 is 0. The molecule has 8 nitrogen and oxygen atoms in total. The van der Waals surface area contributed by atoms with Crippen molar-refractivity contribution in [2.45, 2.75) is 80.1 Å². The first-order valence-electron chi connectivity index (χ1n) is 17.4. The van der Waals surface area contributed by atoms with Crippen LogP contribution in [0.1, 0.15) is 83.7 Å². The van der Waals surface area contributed by atoms with E-state index in [-0.39, 0.29) is 17.4 Å². The van der Waals surface area contributed by atoms with E-state index < -0.39 is 25.6 Å². The van der Waals surface area contributed by atoms with Crippen LogP contribution in [0, 0.1) is 57.6 Å². The van der Waals surface area contributed by atoms with E-state index in [0.717, 1.165) is 67.8 Å². The van der Waals surface area contributed by atoms with Crippen LogP contribution in [0.2, 0.25) is 0 Å². The maximum Gasteiger partial charge on any atom is 0.295 e. The molecule has 0 amide bonds. The monoisotopic (exact) mass is 717 g/mol. The SMILES string of the molecule is Cc1cc(C)c(N=C2C=CC(=C(c3ccc(Nc4c(C)cc(C)cc4C)c(C(C)C)c3)c3ccc([N+](=O)[O-])cc3S(=O)(=O)O)C=C2C(C)C)c(C)c1. The zero-order chi connectivity index (χ0) is 38.2. The van der Waals surface area contributed by atoms with Crippen molar-refractivity contribution in [3.8, 4) is 0 Å². The van der Waals surface area contributed by atoms with Gasteiger partial charge in [-0.2, -0.15) is 8.42 Å². The molecule has 270 valence electrons. The van der Waals surface area contributed by atoms with Crippen LogP contribution < -0.4 is 5.32 Å². The average Bonchev–Trinajstić information content (AvgIpc) is 3.04. The number of aliphatic imine (C=N–C) groups is 1. The largest absolute Gasteiger partial charge is 0.355 e. The number of hydrogen-bond acceptors (Lipinski definition) is 6. The smallest absolute Gasteiger partial charge is 0.295 e. The minimum absolute atomic E-state index is 0.0442. The summed E-state index contributed by atoms with van der Waals surface area (Å²) in [5.41, 5.74) is 13.9. The molecular weight excluding hydrogens is 671 g/mol. The Morgan fingerprint density at radius 2 is 1.38 bits per heavy atom. The number of anilines is 2. The van der Waals surface area contributed by atoms with Gasteiger partial charge in [0.1, 0.15) is 4.90 Å². The van der Waals surface area contributed by atoms with E-state index in [1.54, 1.807) is 0 Å². The van der Waals surface area contributed by atoms with E-state index >= 15 is 0 Å². The second-order valence-electron chi connectivity index (χ2n) is 14.4. The van der Waals surface area contributed by atoms with Crippen molar-refractivity contribution >= 4 is 44.2 Å². The van der Waals surface area contributed by atoms with Crippen LogP contribution in [0.4, 0.5) is 22.7 Å². The van der Waals surface area contributed by atoms with Crippen molar-refractivity contribution in [2.24, 2.45) is 10.9 Å². The molecule has 0 heterocycles. The molecule has 2 N–H and O–H groups in total. The third-order valence-electron chi connectivity index (χ3n) is 9.43. The summed E-state index contributed by atoms with van der Waals surface area (Å²) < 4.78 is 36.3. The molecule has 1 aliphatic rings. The normalized spacial score (nSPS) is 15.0. The molecule has 52 heavy (non-hydrogen) atoms. The van der Waals surface area contributed by atoms with E-state index in [1.807, 2.05) is 50.3 Å². The number of aryl methyl sites for hydroxylation is 6. The zero-order valence-electron chi connectivity index (χ0n) is 31.5. The Labute approximate surface area is 307 Å². The highest BCUT2D eigenvalue weighted by molar-refractivity contribution is 7.86. The van der Waals surface area contributed by atoms with Gasteiger partial charge < -0.3 is 5.32 Å². The lowest BCUT2D eigenvalue weighted by Crippen LogP contribution is -2.12. The van der Waals surface area contributed by atoms with Crippen LogP contribution in [-0.2, 0) is 10.1 Å². The molecule has 9 heteroatoms. The lowest BCUT2D eigenvalue weighted by atomic mass is 9.84. The van der Waals surface area contributed by atoms with Gasteiger partial charge in [0, 0.05) is 29.1 Å². The van der Waals surface area contributed by atoms with Crippen LogP contribution in [0.3, 0.4) is 0 Å². The van der Waals surface area contributed by atoms with Crippen molar-refractivity contribution in [2.75, 3.05) is 5.32 Å². The second kappa shape index (κ2) is 14.9. The quantitative estimate of drug-likeness (QED) is 0.101. The van der Waals surface area contributed by atoms with Gasteiger partial charge in [0.15, 0.2) is 0 Å². The van der Waals surface area contributed by atoms with Gasteiger partial charge >= 0.3 is 0 Å². The highest BCUT2D eigenvalue weighted by Crippen LogP contribution is 2.40. The number of rotatable bonds is 9. The standard InChI is InChI=1S/C43H47N3O5S/c1-24(2)36-21-32(11-15-38(36)44-42-28(7)17-26(5)18-29(42)8)41(35-14-13-34(46(47)48)23-40(35)52(49,50)51)33-12-16-39(37(22-33)25(3)4)45-43-30(9)19-27(6)20-31(43)10/h11-25,44H,1-10H3,(H,49,50,51). The molecule has 0 saturated heterocycles. The third kappa shape index (κ3) is 8.01. The highest BCUT2D eigenvalue weighted by Gasteiger charge is 2.27. The number of nitro groups is 1. The Hall–Kier alpha value is -5.12. The van der Waals surface area contributed by atoms with Gasteiger partial charge in [-0.05, 0) is 134 Å². The molecule has 0 saturated carbocycles. The first-order chi connectivity index (χ1) is 24.3. The van der Waals surface area contributed by atoms with Gasteiger partial charge in [-0.1, -0.05) is 75.2 Å². The Bertz CT molecular complexity index is 2300. The molecule has 0 bridgehead atoms. The fourth-order valence-electron chi connectivity index (χ4n) is 7.09. The molecule has 4 aromatic carbocycles. The van der Waals surface area contributed by atoms with Crippen LogP contribution >= 0.6 is 0 Å². The predicted octanol–water partition coefficient (Wildman–Crippen LogP) is 11.3. The summed E-state index contributed by atoms with van der Waals surface area (Å²) in [4.78, 5) is 15.7. The van der Waals surface area contributed by atoms with Crippen molar-refractivity contribution in [1.29, 1.82) is 0 Å². The number of nitro benzene ring substituents is 1. The molecule has 1 aliphatic carbocycles. The van der Waals surface area contributed by atoms with Crippen LogP contribution in [0.25, 0.3) is 5.57 Å². The van der Waals surface area contributed by atoms with Gasteiger partial charge in [0.2, 0.25) is 0 Å². The zero-order valence-corrected chi connectivity index (χ0v) is 32.4. The van der Waals surface area contributed by atoms with Crippen LogP contribution in [0.15, 0.2) is 99.9 Å². The molecule has 0 fully saturated rings. The molecule has 0 radical (unpaired) electrons. The van der Waals surface area contributed by atoms with Gasteiger partial charge in [0.25, 0.3) is 15.8 Å². The van der Waals surface area contributed by atoms with Gasteiger partial charge in [0.05, 0.1) is 16.3 Å². The third-order valence-corrected chi connectivity index (χ3v) is 10.3. The topological polar surface area (TPSA) is 122 Å². The van der Waals surface area contributed by atoms with Crippen molar-refractivity contribution in [1.82, 2.24) is 0 Å². The molecule has 0 unspecified atom stereocenters. The Morgan fingerprint density at radius 1 is 0.788 bits per heavy atom. The van der Waals surface area contributed by atoms with E-state index in [0.29, 0.717) is 16.7 Å². The lowest BCUT2D eigenvalue weighted by Gasteiger charge is -2.23. The summed E-state index contributed by atoms with van der Waals surface area (Å²) in [5, 5.41) is 15.4. The molecule has 5 rings (SSSR count). The summed E-state index contributed by atoms with van der Waals surface area (Å²) in [6.07, 6.45) is 5.84. The van der Waals surface area contributed by atoms with Gasteiger partial charge in [-0.3, -0.25) is 14.7 Å². The summed E-state index contributed by atoms with van der Waals surface area (Å²) in [7, 11) is -4.88. The Kier molecular flexibility index (Phi) is 10.9. The first kappa shape index (κ1) is 38.1. The number of nitrogens with zero attached hydrogens (tertiary/aromatic N) is 2. The minimum atomic E-state index is -4.88. The van der Waals surface area contributed by atoms with Crippen molar-refractivity contribution in [3.63, 3.8) is 0 Å². The molecular formula is C43H47N3O5S. The predicted molar refractivity (Wildman–Crippen MR) is 213 cm³/mol. The van der Waals surface area contributed by atoms with E-state index in [9.17, 15) is 23.1 Å². The molecule has 0 aliphatic heterocycles. The number of allylic oxidation sites excluding steroid dienone is 5. The minimum Gasteiger partial charge on any atom is -0.355 e. The van der Waals surface area contributed by atoms with E-state index in [2.05, 4.69) is 85.0 Å².